The Balaban J connectivity index is 0.00000144. The Hall–Kier alpha value is -1.31. The highest BCUT2D eigenvalue weighted by Crippen LogP contribution is 2.41. The van der Waals surface area contributed by atoms with E-state index in [1.54, 1.807) is 11.1 Å². The van der Waals surface area contributed by atoms with Crippen molar-refractivity contribution in [3.63, 3.8) is 0 Å². The average molecular weight is 314 g/mol. The van der Waals surface area contributed by atoms with E-state index in [-0.39, 0.29) is 12.4 Å². The summed E-state index contributed by atoms with van der Waals surface area (Å²) in [6, 6.07) is 20.9. The molecule has 0 spiro atoms. The van der Waals surface area contributed by atoms with Crippen LogP contribution in [-0.4, -0.2) is 18.0 Å². The average Bonchev–Trinajstić information content (AvgIpc) is 2.98. The molecule has 0 bridgehead atoms. The van der Waals surface area contributed by atoms with Crippen molar-refractivity contribution < 1.29 is 0 Å². The molecule has 1 nitrogen and oxygen atoms in total. The summed E-state index contributed by atoms with van der Waals surface area (Å²) in [5.74, 6) is 0.574. The minimum atomic E-state index is 0. The minimum Gasteiger partial charge on any atom is -0.296 e. The molecule has 1 fully saturated rings. The van der Waals surface area contributed by atoms with Crippen molar-refractivity contribution in [1.29, 1.82) is 0 Å². The van der Waals surface area contributed by atoms with Crippen LogP contribution in [0.2, 0.25) is 0 Å². The molecule has 0 N–H and O–H groups in total. The Morgan fingerprint density at radius 3 is 2.14 bits per heavy atom. The molecule has 0 radical (unpaired) electrons. The van der Waals surface area contributed by atoms with Crippen LogP contribution in [0.5, 0.6) is 0 Å². The lowest BCUT2D eigenvalue weighted by atomic mass is 9.81. The highest BCUT2D eigenvalue weighted by Gasteiger charge is 2.31. The summed E-state index contributed by atoms with van der Waals surface area (Å²) in [6.07, 6.45) is 5.27. The van der Waals surface area contributed by atoms with E-state index < -0.39 is 0 Å². The van der Waals surface area contributed by atoms with Gasteiger partial charge in [-0.25, -0.2) is 0 Å². The first-order valence-electron chi connectivity index (χ1n) is 8.31. The molecule has 0 unspecified atom stereocenters. The first-order valence-corrected chi connectivity index (χ1v) is 8.31. The molecule has 1 saturated heterocycles. The van der Waals surface area contributed by atoms with Crippen LogP contribution in [0.3, 0.4) is 0 Å². The second-order valence-electron chi connectivity index (χ2n) is 6.43. The van der Waals surface area contributed by atoms with Crippen LogP contribution >= 0.6 is 12.4 Å². The number of hydrogen-bond donors (Lipinski definition) is 0. The standard InChI is InChI=1S/C20H23N.ClH/c1-2-8-16(9-3-1)17-12-6-14-21-15-7-13-20(21)19-11-5-4-10-18(17)19;/h1-5,8-11,17,20H,6-7,12-15H2;1H/t17-,20-;/m0./s1. The first-order chi connectivity index (χ1) is 10.4. The molecule has 2 aromatic rings. The topological polar surface area (TPSA) is 3.24 Å². The fourth-order valence-corrected chi connectivity index (χ4v) is 4.26. The Morgan fingerprint density at radius 1 is 0.727 bits per heavy atom. The first kappa shape index (κ1) is 15.6. The van der Waals surface area contributed by atoms with E-state index in [0.717, 1.165) is 0 Å². The van der Waals surface area contributed by atoms with Gasteiger partial charge in [-0.15, -0.1) is 12.4 Å². The van der Waals surface area contributed by atoms with E-state index in [2.05, 4.69) is 59.5 Å². The van der Waals surface area contributed by atoms with Crippen LogP contribution in [0.25, 0.3) is 0 Å². The minimum absolute atomic E-state index is 0. The van der Waals surface area contributed by atoms with Crippen LogP contribution in [0.4, 0.5) is 0 Å². The summed E-state index contributed by atoms with van der Waals surface area (Å²) in [7, 11) is 0. The van der Waals surface area contributed by atoms with Gasteiger partial charge >= 0.3 is 0 Å². The van der Waals surface area contributed by atoms with Gasteiger partial charge in [-0.3, -0.25) is 4.90 Å². The summed E-state index contributed by atoms with van der Waals surface area (Å²) in [4.78, 5) is 2.71. The molecule has 22 heavy (non-hydrogen) atoms. The van der Waals surface area contributed by atoms with Gasteiger partial charge in [0, 0.05) is 12.0 Å². The Labute approximate surface area is 139 Å². The van der Waals surface area contributed by atoms with E-state index in [0.29, 0.717) is 12.0 Å². The molecule has 0 aliphatic carbocycles. The third kappa shape index (κ3) is 2.80. The Morgan fingerprint density at radius 2 is 1.36 bits per heavy atom. The molecule has 2 heterocycles. The largest absolute Gasteiger partial charge is 0.296 e. The molecule has 4 rings (SSSR count). The molecule has 0 aromatic heterocycles. The van der Waals surface area contributed by atoms with Gasteiger partial charge in [-0.2, -0.15) is 0 Å². The Kier molecular flexibility index (Phi) is 4.85. The zero-order valence-electron chi connectivity index (χ0n) is 12.9. The van der Waals surface area contributed by atoms with Crippen LogP contribution in [-0.2, 0) is 0 Å². The van der Waals surface area contributed by atoms with E-state index >= 15 is 0 Å². The van der Waals surface area contributed by atoms with Crippen molar-refractivity contribution >= 4 is 12.4 Å². The smallest absolute Gasteiger partial charge is 0.0351 e. The molecular formula is C20H24ClN. The number of halogens is 1. The number of hydrogen-bond acceptors (Lipinski definition) is 1. The Bertz CT molecular complexity index is 610. The second-order valence-corrected chi connectivity index (χ2v) is 6.43. The molecule has 116 valence electrons. The number of rotatable bonds is 1. The summed E-state index contributed by atoms with van der Waals surface area (Å²) in [6.45, 7) is 2.55. The maximum absolute atomic E-state index is 2.71. The van der Waals surface area contributed by atoms with Gasteiger partial charge in [-0.1, -0.05) is 54.6 Å². The van der Waals surface area contributed by atoms with Crippen LogP contribution in [0.1, 0.15) is 54.3 Å². The van der Waals surface area contributed by atoms with Gasteiger partial charge in [0.15, 0.2) is 0 Å². The van der Waals surface area contributed by atoms with Crippen LogP contribution < -0.4 is 0 Å². The van der Waals surface area contributed by atoms with Gasteiger partial charge in [0.2, 0.25) is 0 Å². The SMILES string of the molecule is Cl.c1ccc([C@@H]2CCCN3CCC[C@H]3c3ccccc32)cc1. The molecule has 2 heteroatoms. The van der Waals surface area contributed by atoms with Gasteiger partial charge in [0.1, 0.15) is 0 Å². The maximum Gasteiger partial charge on any atom is 0.0351 e. The summed E-state index contributed by atoms with van der Waals surface area (Å²) >= 11 is 0. The van der Waals surface area contributed by atoms with E-state index in [1.165, 1.54) is 44.3 Å². The fourth-order valence-electron chi connectivity index (χ4n) is 4.26. The van der Waals surface area contributed by atoms with E-state index in [1.807, 2.05) is 0 Å². The normalized spacial score (nSPS) is 24.5. The van der Waals surface area contributed by atoms with Crippen molar-refractivity contribution in [2.45, 2.75) is 37.6 Å². The van der Waals surface area contributed by atoms with Gasteiger partial charge < -0.3 is 0 Å². The lowest BCUT2D eigenvalue weighted by molar-refractivity contribution is 0.242. The lowest BCUT2D eigenvalue weighted by Gasteiger charge is -2.32. The van der Waals surface area contributed by atoms with Crippen LogP contribution in [0.15, 0.2) is 54.6 Å². The zero-order chi connectivity index (χ0) is 14.1. The third-order valence-electron chi connectivity index (χ3n) is 5.23. The third-order valence-corrected chi connectivity index (χ3v) is 5.23. The van der Waals surface area contributed by atoms with Crippen molar-refractivity contribution in [2.75, 3.05) is 13.1 Å². The summed E-state index contributed by atoms with van der Waals surface area (Å²) < 4.78 is 0. The molecule has 2 aliphatic rings. The molecule has 2 aromatic carbocycles. The quantitative estimate of drug-likeness (QED) is 0.702. The monoisotopic (exact) mass is 313 g/mol. The predicted molar refractivity (Wildman–Crippen MR) is 94.8 cm³/mol. The number of nitrogens with zero attached hydrogens (tertiary/aromatic N) is 1. The van der Waals surface area contributed by atoms with Crippen molar-refractivity contribution in [3.8, 4) is 0 Å². The molecular weight excluding hydrogens is 290 g/mol. The molecule has 0 saturated carbocycles. The van der Waals surface area contributed by atoms with Crippen molar-refractivity contribution in [1.82, 2.24) is 4.90 Å². The summed E-state index contributed by atoms with van der Waals surface area (Å²) in [5.41, 5.74) is 4.64. The summed E-state index contributed by atoms with van der Waals surface area (Å²) in [5, 5.41) is 0. The van der Waals surface area contributed by atoms with E-state index in [4.69, 9.17) is 0 Å². The zero-order valence-corrected chi connectivity index (χ0v) is 13.8. The number of fused-ring (bicyclic) bond motifs is 3. The van der Waals surface area contributed by atoms with Gasteiger partial charge in [0.25, 0.3) is 0 Å². The van der Waals surface area contributed by atoms with Crippen molar-refractivity contribution in [2.24, 2.45) is 0 Å². The van der Waals surface area contributed by atoms with Gasteiger partial charge in [0.05, 0.1) is 0 Å². The fraction of sp³-hybridized carbons (Fsp3) is 0.400. The predicted octanol–water partition coefficient (Wildman–Crippen LogP) is 5.17. The highest BCUT2D eigenvalue weighted by atomic mass is 35.5. The van der Waals surface area contributed by atoms with Crippen molar-refractivity contribution in [3.05, 3.63) is 71.3 Å². The second kappa shape index (κ2) is 6.85. The van der Waals surface area contributed by atoms with E-state index in [9.17, 15) is 0 Å². The molecule has 2 atom stereocenters. The highest BCUT2D eigenvalue weighted by molar-refractivity contribution is 5.85. The number of benzene rings is 2. The lowest BCUT2D eigenvalue weighted by Crippen LogP contribution is -2.28. The van der Waals surface area contributed by atoms with Crippen LogP contribution in [0, 0.1) is 0 Å². The van der Waals surface area contributed by atoms with Gasteiger partial charge in [-0.05, 0) is 55.5 Å². The maximum atomic E-state index is 2.71. The molecule has 2 aliphatic heterocycles. The molecule has 0 amide bonds.